The van der Waals surface area contributed by atoms with Crippen molar-refractivity contribution in [2.75, 3.05) is 6.61 Å². The molecule has 0 unspecified atom stereocenters. The Balaban J connectivity index is 1.66. The lowest BCUT2D eigenvalue weighted by molar-refractivity contribution is -0.120. The average molecular weight is 307 g/mol. The molecule has 21 heavy (non-hydrogen) atoms. The fourth-order valence-electron chi connectivity index (χ4n) is 2.14. The summed E-state index contributed by atoms with van der Waals surface area (Å²) in [6.07, 6.45) is 2.39. The van der Waals surface area contributed by atoms with Gasteiger partial charge in [0.2, 0.25) is 11.7 Å². The SMILES string of the molecule is CCC(=O)NCc1ccc(-c2noc([C@H]3CCCO3)n2)s1. The minimum atomic E-state index is -0.0606. The van der Waals surface area contributed by atoms with Crippen LogP contribution in [0.25, 0.3) is 10.7 Å². The Morgan fingerprint density at radius 3 is 3.19 bits per heavy atom. The molecule has 2 aromatic rings. The summed E-state index contributed by atoms with van der Waals surface area (Å²) in [5.74, 6) is 1.18. The third-order valence-electron chi connectivity index (χ3n) is 3.31. The van der Waals surface area contributed by atoms with Crippen LogP contribution in [0.2, 0.25) is 0 Å². The summed E-state index contributed by atoms with van der Waals surface area (Å²) < 4.78 is 10.8. The number of carbonyl (C=O) groups is 1. The van der Waals surface area contributed by atoms with Crippen molar-refractivity contribution in [1.82, 2.24) is 15.5 Å². The smallest absolute Gasteiger partial charge is 0.256 e. The Labute approximate surface area is 126 Å². The zero-order chi connectivity index (χ0) is 14.7. The topological polar surface area (TPSA) is 77.2 Å². The minimum absolute atomic E-state index is 0.0465. The molecule has 0 aliphatic carbocycles. The van der Waals surface area contributed by atoms with Gasteiger partial charge in [-0.05, 0) is 25.0 Å². The third-order valence-corrected chi connectivity index (χ3v) is 4.39. The maximum Gasteiger partial charge on any atom is 0.256 e. The molecule has 7 heteroatoms. The van der Waals surface area contributed by atoms with Gasteiger partial charge in [0.05, 0.1) is 11.4 Å². The van der Waals surface area contributed by atoms with E-state index in [1.807, 2.05) is 19.1 Å². The van der Waals surface area contributed by atoms with Crippen molar-refractivity contribution in [2.24, 2.45) is 0 Å². The van der Waals surface area contributed by atoms with Gasteiger partial charge in [0.25, 0.3) is 5.89 Å². The van der Waals surface area contributed by atoms with E-state index in [0.29, 0.717) is 24.7 Å². The second-order valence-electron chi connectivity index (χ2n) is 4.85. The summed E-state index contributed by atoms with van der Waals surface area (Å²) >= 11 is 1.55. The van der Waals surface area contributed by atoms with Crippen LogP contribution in [0, 0.1) is 0 Å². The Morgan fingerprint density at radius 2 is 2.43 bits per heavy atom. The van der Waals surface area contributed by atoms with Gasteiger partial charge in [0.15, 0.2) is 0 Å². The zero-order valence-electron chi connectivity index (χ0n) is 11.8. The van der Waals surface area contributed by atoms with E-state index in [4.69, 9.17) is 9.26 Å². The van der Waals surface area contributed by atoms with Crippen LogP contribution in [0.3, 0.4) is 0 Å². The largest absolute Gasteiger partial charge is 0.368 e. The Morgan fingerprint density at radius 1 is 1.52 bits per heavy atom. The van der Waals surface area contributed by atoms with Crippen molar-refractivity contribution in [3.8, 4) is 10.7 Å². The summed E-state index contributed by atoms with van der Waals surface area (Å²) in [6, 6.07) is 3.92. The van der Waals surface area contributed by atoms with Crippen LogP contribution in [0.5, 0.6) is 0 Å². The van der Waals surface area contributed by atoms with Crippen LogP contribution in [0.15, 0.2) is 16.7 Å². The number of aromatic nitrogens is 2. The predicted octanol–water partition coefficient (Wildman–Crippen LogP) is 2.68. The molecule has 3 rings (SSSR count). The molecule has 1 amide bonds. The third kappa shape index (κ3) is 3.30. The molecule has 1 aliphatic heterocycles. The number of amides is 1. The minimum Gasteiger partial charge on any atom is -0.368 e. The highest BCUT2D eigenvalue weighted by Crippen LogP contribution is 2.31. The highest BCUT2D eigenvalue weighted by molar-refractivity contribution is 7.15. The first-order valence-corrected chi connectivity index (χ1v) is 7.89. The predicted molar refractivity (Wildman–Crippen MR) is 77.7 cm³/mol. The van der Waals surface area contributed by atoms with Gasteiger partial charge < -0.3 is 14.6 Å². The van der Waals surface area contributed by atoms with Gasteiger partial charge in [-0.25, -0.2) is 0 Å². The van der Waals surface area contributed by atoms with Crippen molar-refractivity contribution >= 4 is 17.2 Å². The molecule has 0 saturated carbocycles. The molecule has 3 heterocycles. The fourth-order valence-corrected chi connectivity index (χ4v) is 3.02. The number of rotatable bonds is 5. The van der Waals surface area contributed by atoms with Crippen LogP contribution in [-0.2, 0) is 16.1 Å². The monoisotopic (exact) mass is 307 g/mol. The van der Waals surface area contributed by atoms with Gasteiger partial charge in [-0.2, -0.15) is 4.98 Å². The highest BCUT2D eigenvalue weighted by atomic mass is 32.1. The molecule has 112 valence electrons. The van der Waals surface area contributed by atoms with Crippen LogP contribution >= 0.6 is 11.3 Å². The van der Waals surface area contributed by atoms with Gasteiger partial charge in [0, 0.05) is 17.9 Å². The number of thiophene rings is 1. The molecule has 0 spiro atoms. The van der Waals surface area contributed by atoms with Gasteiger partial charge in [-0.1, -0.05) is 12.1 Å². The Bertz CT molecular complexity index is 617. The number of carbonyl (C=O) groups excluding carboxylic acids is 1. The Kier molecular flexibility index (Phi) is 4.31. The van der Waals surface area contributed by atoms with E-state index in [1.165, 1.54) is 0 Å². The first-order chi connectivity index (χ1) is 10.3. The first-order valence-electron chi connectivity index (χ1n) is 7.07. The molecule has 1 atom stereocenters. The van der Waals surface area contributed by atoms with E-state index < -0.39 is 0 Å². The van der Waals surface area contributed by atoms with Gasteiger partial charge in [0.1, 0.15) is 6.10 Å². The summed E-state index contributed by atoms with van der Waals surface area (Å²) in [5, 5.41) is 6.86. The quantitative estimate of drug-likeness (QED) is 0.919. The molecule has 1 N–H and O–H groups in total. The maximum atomic E-state index is 11.3. The molecular formula is C14H17N3O3S. The van der Waals surface area contributed by atoms with Crippen molar-refractivity contribution in [1.29, 1.82) is 0 Å². The standard InChI is InChI=1S/C14H17N3O3S/c1-2-12(18)15-8-9-5-6-11(21-9)13-16-14(20-17-13)10-4-3-7-19-10/h5-6,10H,2-4,7-8H2,1H3,(H,15,18)/t10-/m1/s1. The fraction of sp³-hybridized carbons (Fsp3) is 0.500. The van der Waals surface area contributed by atoms with Gasteiger partial charge in [-0.3, -0.25) is 4.79 Å². The van der Waals surface area contributed by atoms with Crippen molar-refractivity contribution in [3.05, 3.63) is 22.9 Å². The summed E-state index contributed by atoms with van der Waals surface area (Å²) in [4.78, 5) is 17.7. The number of nitrogens with zero attached hydrogens (tertiary/aromatic N) is 2. The van der Waals surface area contributed by atoms with Crippen LogP contribution in [-0.4, -0.2) is 22.7 Å². The van der Waals surface area contributed by atoms with Crippen molar-refractivity contribution in [3.63, 3.8) is 0 Å². The molecular weight excluding hydrogens is 290 g/mol. The van der Waals surface area contributed by atoms with Gasteiger partial charge in [-0.15, -0.1) is 11.3 Å². The van der Waals surface area contributed by atoms with Crippen LogP contribution < -0.4 is 5.32 Å². The second-order valence-corrected chi connectivity index (χ2v) is 6.02. The van der Waals surface area contributed by atoms with E-state index in [2.05, 4.69) is 15.5 Å². The summed E-state index contributed by atoms with van der Waals surface area (Å²) in [7, 11) is 0. The lowest BCUT2D eigenvalue weighted by atomic mass is 10.2. The van der Waals surface area contributed by atoms with Crippen LogP contribution in [0.4, 0.5) is 0 Å². The normalized spacial score (nSPS) is 18.0. The van der Waals surface area contributed by atoms with E-state index in [1.54, 1.807) is 11.3 Å². The molecule has 1 fully saturated rings. The summed E-state index contributed by atoms with van der Waals surface area (Å²) in [5.41, 5.74) is 0. The molecule has 0 aromatic carbocycles. The maximum absolute atomic E-state index is 11.3. The molecule has 0 radical (unpaired) electrons. The lowest BCUT2D eigenvalue weighted by Crippen LogP contribution is -2.20. The molecule has 6 nitrogen and oxygen atoms in total. The average Bonchev–Trinajstić information content (AvgIpc) is 3.23. The molecule has 1 saturated heterocycles. The number of hydrogen-bond donors (Lipinski definition) is 1. The Hall–Kier alpha value is -1.73. The van der Waals surface area contributed by atoms with E-state index >= 15 is 0 Å². The molecule has 1 aliphatic rings. The van der Waals surface area contributed by atoms with Crippen LogP contribution in [0.1, 0.15) is 43.1 Å². The van der Waals surface area contributed by atoms with E-state index in [9.17, 15) is 4.79 Å². The van der Waals surface area contributed by atoms with Gasteiger partial charge >= 0.3 is 0 Å². The summed E-state index contributed by atoms with van der Waals surface area (Å²) in [6.45, 7) is 3.12. The second kappa shape index (κ2) is 6.36. The highest BCUT2D eigenvalue weighted by Gasteiger charge is 2.24. The number of ether oxygens (including phenoxy) is 1. The molecule has 0 bridgehead atoms. The number of nitrogens with one attached hydrogen (secondary N) is 1. The lowest BCUT2D eigenvalue weighted by Gasteiger charge is -2.00. The van der Waals surface area contributed by atoms with E-state index in [0.717, 1.165) is 29.2 Å². The van der Waals surface area contributed by atoms with Crippen molar-refractivity contribution in [2.45, 2.75) is 38.8 Å². The first kappa shape index (κ1) is 14.2. The molecule has 2 aromatic heterocycles. The van der Waals surface area contributed by atoms with E-state index in [-0.39, 0.29) is 12.0 Å². The van der Waals surface area contributed by atoms with Crippen molar-refractivity contribution < 1.29 is 14.1 Å². The number of hydrogen-bond acceptors (Lipinski definition) is 6. The zero-order valence-corrected chi connectivity index (χ0v) is 12.6.